The van der Waals surface area contributed by atoms with Gasteiger partial charge in [-0.3, -0.25) is 14.4 Å². The molecule has 16 heteroatoms. The molecule has 2 saturated heterocycles. The summed E-state index contributed by atoms with van der Waals surface area (Å²) in [5.74, 6) is 2.57. The van der Waals surface area contributed by atoms with Crippen molar-refractivity contribution in [1.82, 2.24) is 43.9 Å². The first-order chi connectivity index (χ1) is 34.9. The van der Waals surface area contributed by atoms with Gasteiger partial charge in [0, 0.05) is 60.5 Å². The summed E-state index contributed by atoms with van der Waals surface area (Å²) in [7, 11) is 0. The summed E-state index contributed by atoms with van der Waals surface area (Å²) in [4.78, 5) is 63.2. The van der Waals surface area contributed by atoms with Crippen molar-refractivity contribution in [2.45, 2.75) is 65.5 Å². The zero-order chi connectivity index (χ0) is 50.6. The maximum absolute atomic E-state index is 12.8. The highest BCUT2D eigenvalue weighted by Crippen LogP contribution is 2.43. The number of carbonyl (C=O) groups excluding carboxylic acids is 3. The van der Waals surface area contributed by atoms with Gasteiger partial charge in [0.25, 0.3) is 5.91 Å². The minimum Gasteiger partial charge on any atom is -0.457 e. The summed E-state index contributed by atoms with van der Waals surface area (Å²) in [6, 6.07) is 26.9. The molecule has 2 aliphatic rings. The van der Waals surface area contributed by atoms with Gasteiger partial charge in [-0.2, -0.15) is 0 Å². The first kappa shape index (κ1) is 48.4. The lowest BCUT2D eigenvalue weighted by Gasteiger charge is -2.34. The molecule has 16 nitrogen and oxygen atoms in total. The van der Waals surface area contributed by atoms with Crippen molar-refractivity contribution in [3.63, 3.8) is 0 Å². The number of hydrogen-bond acceptors (Lipinski definition) is 11. The Hall–Kier alpha value is -8.66. The molecule has 5 aromatic heterocycles. The van der Waals surface area contributed by atoms with Crippen LogP contribution in [-0.2, 0) is 9.59 Å². The Morgan fingerprint density at radius 1 is 0.639 bits per heavy atom. The quantitative estimate of drug-likeness (QED) is 0.110. The third kappa shape index (κ3) is 9.50. The molecular weight excluding hydrogens is 905 g/mol. The number of hydrogen-bond donors (Lipinski definition) is 3. The van der Waals surface area contributed by atoms with Crippen molar-refractivity contribution >= 4 is 57.2 Å². The van der Waals surface area contributed by atoms with Crippen LogP contribution >= 0.6 is 0 Å². The number of nitrogens with zero attached hydrogens (tertiary/aromatic N) is 9. The molecule has 3 amide bonds. The van der Waals surface area contributed by atoms with Crippen LogP contribution in [0.15, 0.2) is 129 Å². The zero-order valence-electron chi connectivity index (χ0n) is 41.0. The van der Waals surface area contributed by atoms with Gasteiger partial charge in [-0.15, -0.1) is 0 Å². The number of rotatable bonds is 10. The zero-order valence-corrected chi connectivity index (χ0v) is 41.0. The lowest BCUT2D eigenvalue weighted by atomic mass is 9.96. The van der Waals surface area contributed by atoms with Crippen LogP contribution < -0.4 is 21.5 Å². The van der Waals surface area contributed by atoms with Crippen molar-refractivity contribution in [3.8, 4) is 33.8 Å². The second-order valence-electron chi connectivity index (χ2n) is 18.2. The Kier molecular flexibility index (Phi) is 13.9. The van der Waals surface area contributed by atoms with E-state index in [1.165, 1.54) is 24.8 Å². The molecule has 0 aliphatic carbocycles. The highest BCUT2D eigenvalue weighted by Gasteiger charge is 2.31. The summed E-state index contributed by atoms with van der Waals surface area (Å²) in [5.41, 5.74) is 22.9. The molecule has 366 valence electrons. The lowest BCUT2D eigenvalue weighted by molar-refractivity contribution is -0.128. The van der Waals surface area contributed by atoms with E-state index in [0.717, 1.165) is 111 Å². The van der Waals surface area contributed by atoms with Crippen LogP contribution in [0.5, 0.6) is 11.5 Å². The predicted molar refractivity (Wildman–Crippen MR) is 283 cm³/mol. The van der Waals surface area contributed by atoms with E-state index in [1.807, 2.05) is 84.3 Å². The minimum absolute atomic E-state index is 0.0389. The van der Waals surface area contributed by atoms with E-state index < -0.39 is 0 Å². The number of fused-ring (bicyclic) bond motifs is 2. The molecule has 0 radical (unpaired) electrons. The first-order valence-corrected chi connectivity index (χ1v) is 24.1. The number of ether oxygens (including phenoxy) is 1. The van der Waals surface area contributed by atoms with Crippen LogP contribution in [0.2, 0.25) is 0 Å². The molecule has 0 bridgehead atoms. The Balaban J connectivity index is 0.000000178. The SMILES string of the molecule is C=CC(=O)N1CCCC(n2c(C)c(-c3ccc(C(=O)Nc4ccccn4)cc3C)c3c(N)ncnc32)C1.C=CC(=O)N1CCCC(n2c(C)c(-c3ccc(Oc4ccccc4)cc3C)c3c(N)ncnc32)C1. The van der Waals surface area contributed by atoms with Gasteiger partial charge in [0.2, 0.25) is 11.8 Å². The fourth-order valence-corrected chi connectivity index (χ4v) is 10.4. The van der Waals surface area contributed by atoms with E-state index >= 15 is 0 Å². The number of carbonyl (C=O) groups is 3. The molecule has 10 rings (SSSR count). The number of pyridine rings is 1. The minimum atomic E-state index is -0.232. The predicted octanol–water partition coefficient (Wildman–Crippen LogP) is 9.73. The third-order valence-electron chi connectivity index (χ3n) is 13.7. The van der Waals surface area contributed by atoms with Crippen LogP contribution in [0, 0.1) is 27.7 Å². The van der Waals surface area contributed by atoms with Gasteiger partial charge in [-0.1, -0.05) is 49.6 Å². The second kappa shape index (κ2) is 20.7. The number of nitrogen functional groups attached to an aromatic ring is 2. The van der Waals surface area contributed by atoms with Crippen molar-refractivity contribution in [1.29, 1.82) is 0 Å². The topological polar surface area (TPSA) is 205 Å². The van der Waals surface area contributed by atoms with Crippen LogP contribution in [0.3, 0.4) is 0 Å². The number of benzene rings is 3. The maximum Gasteiger partial charge on any atom is 0.256 e. The van der Waals surface area contributed by atoms with Crippen LogP contribution in [0.25, 0.3) is 44.3 Å². The Morgan fingerprint density at radius 2 is 1.17 bits per heavy atom. The summed E-state index contributed by atoms with van der Waals surface area (Å²) in [6.45, 7) is 18.1. The highest BCUT2D eigenvalue weighted by atomic mass is 16.5. The third-order valence-corrected chi connectivity index (χ3v) is 13.7. The average molecular weight is 963 g/mol. The fourth-order valence-electron chi connectivity index (χ4n) is 10.4. The van der Waals surface area contributed by atoms with E-state index in [2.05, 4.69) is 72.4 Å². The largest absolute Gasteiger partial charge is 0.457 e. The molecule has 3 aromatic carbocycles. The number of aryl methyl sites for hydroxylation is 2. The highest BCUT2D eigenvalue weighted by molar-refractivity contribution is 6.07. The number of nitrogens with one attached hydrogen (secondary N) is 1. The van der Waals surface area contributed by atoms with E-state index in [4.69, 9.17) is 16.2 Å². The molecular formula is C56H58N12O4. The molecule has 72 heavy (non-hydrogen) atoms. The molecule has 5 N–H and O–H groups in total. The second-order valence-corrected chi connectivity index (χ2v) is 18.2. The molecule has 2 unspecified atom stereocenters. The smallest absolute Gasteiger partial charge is 0.256 e. The van der Waals surface area contributed by atoms with Crippen LogP contribution in [-0.4, -0.2) is 87.8 Å². The Bertz CT molecular complexity index is 3370. The molecule has 0 saturated carbocycles. The van der Waals surface area contributed by atoms with Crippen molar-refractivity contribution in [2.24, 2.45) is 0 Å². The molecule has 2 fully saturated rings. The summed E-state index contributed by atoms with van der Waals surface area (Å²) >= 11 is 0. The number of nitrogens with two attached hydrogens (primary N) is 2. The van der Waals surface area contributed by atoms with Gasteiger partial charge in [-0.05, 0) is 136 Å². The van der Waals surface area contributed by atoms with E-state index in [-0.39, 0.29) is 29.8 Å². The Labute approximate surface area is 418 Å². The lowest BCUT2D eigenvalue weighted by Crippen LogP contribution is -2.40. The molecule has 8 aromatic rings. The van der Waals surface area contributed by atoms with Gasteiger partial charge in [-0.25, -0.2) is 24.9 Å². The summed E-state index contributed by atoms with van der Waals surface area (Å²) in [5, 5.41) is 4.45. The number of piperidine rings is 2. The molecule has 7 heterocycles. The molecule has 0 spiro atoms. The van der Waals surface area contributed by atoms with E-state index in [1.54, 1.807) is 24.4 Å². The van der Waals surface area contributed by atoms with Crippen LogP contribution in [0.4, 0.5) is 17.5 Å². The molecule has 2 aliphatic heterocycles. The number of aromatic nitrogens is 7. The van der Waals surface area contributed by atoms with Gasteiger partial charge in [0.05, 0.1) is 22.9 Å². The van der Waals surface area contributed by atoms with Gasteiger partial charge < -0.3 is 40.5 Å². The van der Waals surface area contributed by atoms with E-state index in [9.17, 15) is 14.4 Å². The average Bonchev–Trinajstić information content (AvgIpc) is 3.87. The number of amides is 3. The Morgan fingerprint density at radius 3 is 1.67 bits per heavy atom. The van der Waals surface area contributed by atoms with Gasteiger partial charge >= 0.3 is 0 Å². The first-order valence-electron chi connectivity index (χ1n) is 24.1. The standard InChI is InChI=1S/C28H29N7O2.C28H29N5O2/c1-4-23(36)34-13-7-8-20(15-34)35-18(3)24(25-26(29)31-16-32-27(25)35)21-11-10-19(14-17(21)2)28(37)33-22-9-5-6-12-30-22;1-4-24(34)32-14-8-9-20(16-32)33-19(3)25(26-27(29)30-17-31-28(26)33)23-13-12-22(15-18(23)2)35-21-10-6-5-7-11-21/h4-6,9-12,14,16,20H,1,7-8,13,15H2,2-3H3,(H2,29,31,32)(H,30,33,37);4-7,10-13,15,17,20H,1,8-9,14,16H2,2-3H3,(H2,29,30,31). The monoisotopic (exact) mass is 962 g/mol. The number of likely N-dealkylation sites (tertiary alicyclic amines) is 2. The van der Waals surface area contributed by atoms with Crippen molar-refractivity contribution < 1.29 is 19.1 Å². The number of para-hydroxylation sites is 1. The fraction of sp³-hybridized carbons (Fsp3) is 0.250. The summed E-state index contributed by atoms with van der Waals surface area (Å²) < 4.78 is 10.5. The van der Waals surface area contributed by atoms with Gasteiger partial charge in [0.1, 0.15) is 52.9 Å². The maximum atomic E-state index is 12.8. The normalized spacial score (nSPS) is 15.7. The molecule has 2 atom stereocenters. The summed E-state index contributed by atoms with van der Waals surface area (Å²) in [6.07, 6.45) is 11.1. The van der Waals surface area contributed by atoms with E-state index in [0.29, 0.717) is 42.7 Å². The van der Waals surface area contributed by atoms with Gasteiger partial charge in [0.15, 0.2) is 0 Å². The van der Waals surface area contributed by atoms with Crippen molar-refractivity contribution in [2.75, 3.05) is 43.0 Å². The number of anilines is 3. The van der Waals surface area contributed by atoms with Crippen LogP contribution in [0.1, 0.15) is 70.6 Å². The van der Waals surface area contributed by atoms with Crippen molar-refractivity contribution in [3.05, 3.63) is 157 Å².